The minimum atomic E-state index is -8.64. The van der Waals surface area contributed by atoms with E-state index in [1.807, 2.05) is 0 Å². The predicted octanol–water partition coefficient (Wildman–Crippen LogP) is 7.69. The third kappa shape index (κ3) is 6.49. The van der Waals surface area contributed by atoms with Crippen LogP contribution in [-0.4, -0.2) is 73.3 Å². The monoisotopic (exact) mass is 662 g/mol. The first-order valence-electron chi connectivity index (χ1n) is 8.52. The third-order valence-corrected chi connectivity index (χ3v) is 3.68. The maximum absolute atomic E-state index is 14.1. The van der Waals surface area contributed by atoms with Crippen molar-refractivity contribution < 1.29 is 120 Å². The summed E-state index contributed by atoms with van der Waals surface area (Å²) < 4.78 is 306. The Morgan fingerprint density at radius 3 is 0.750 bits per heavy atom. The third-order valence-electron chi connectivity index (χ3n) is 3.68. The van der Waals surface area contributed by atoms with Crippen LogP contribution in [0.3, 0.4) is 0 Å². The van der Waals surface area contributed by atoms with Gasteiger partial charge in [-0.2, -0.15) is 101 Å². The lowest BCUT2D eigenvalue weighted by Crippen LogP contribution is -2.71. The van der Waals surface area contributed by atoms with Gasteiger partial charge in [0.1, 0.15) is 0 Å². The smallest absolute Gasteiger partial charge is 0.316 e. The molecule has 0 saturated carbocycles. The maximum Gasteiger partial charge on any atom is 0.483 e. The van der Waals surface area contributed by atoms with Crippen LogP contribution in [0.4, 0.5) is 101 Å². The van der Waals surface area contributed by atoms with E-state index in [9.17, 15) is 101 Å². The zero-order chi connectivity index (χ0) is 33.0. The Morgan fingerprint density at radius 2 is 0.550 bits per heavy atom. The standard InChI is InChI=1S/C13H5F23O4/c1-2-37-10(29,30)3(14,6(17,18)19)38-11(31,32)4(15,7(20,21)22)39-12(33,34)5(16,8(23,24)25)40-13(35,36)9(26,27)28/h2H2,1H3. The SMILES string of the molecule is CCOC(F)(F)C(F)(OC(F)(F)C(F)(OC(F)(F)C(F)(OC(F)(F)C(F)(F)F)C(F)(F)F)C(F)(F)F)C(F)(F)F. The normalized spacial score (nSPS) is 20.1. The molecule has 0 spiro atoms. The number of hydrogen-bond acceptors (Lipinski definition) is 4. The minimum absolute atomic E-state index is 0.205. The van der Waals surface area contributed by atoms with Crippen molar-refractivity contribution in [2.45, 2.75) is 73.6 Å². The predicted molar refractivity (Wildman–Crippen MR) is 70.4 cm³/mol. The van der Waals surface area contributed by atoms with E-state index < -0.39 is 73.3 Å². The summed E-state index contributed by atoms with van der Waals surface area (Å²) in [6.45, 7) is -1.69. The molecule has 0 aliphatic carbocycles. The van der Waals surface area contributed by atoms with E-state index in [-0.39, 0.29) is 6.92 Å². The molecule has 3 atom stereocenters. The summed E-state index contributed by atoms with van der Waals surface area (Å²) in [5.41, 5.74) is 0. The Labute approximate surface area is 201 Å². The number of halogens is 23. The second-order valence-corrected chi connectivity index (χ2v) is 6.58. The molecule has 0 aliphatic heterocycles. The van der Waals surface area contributed by atoms with Gasteiger partial charge in [-0.15, -0.1) is 0 Å². The average Bonchev–Trinajstić information content (AvgIpc) is 2.62. The van der Waals surface area contributed by atoms with Crippen LogP contribution in [0.5, 0.6) is 0 Å². The lowest BCUT2D eigenvalue weighted by Gasteiger charge is -2.43. The summed E-state index contributed by atoms with van der Waals surface area (Å²) >= 11 is 0. The van der Waals surface area contributed by atoms with Crippen LogP contribution in [0.2, 0.25) is 0 Å². The quantitative estimate of drug-likeness (QED) is 0.213. The van der Waals surface area contributed by atoms with Gasteiger partial charge in [0.2, 0.25) is 0 Å². The minimum Gasteiger partial charge on any atom is -0.316 e. The molecule has 40 heavy (non-hydrogen) atoms. The van der Waals surface area contributed by atoms with E-state index in [0.29, 0.717) is 0 Å². The largest absolute Gasteiger partial charge is 0.483 e. The van der Waals surface area contributed by atoms with Crippen LogP contribution < -0.4 is 0 Å². The van der Waals surface area contributed by atoms with Gasteiger partial charge < -0.3 is 4.74 Å². The molecule has 0 N–H and O–H groups in total. The fraction of sp³-hybridized carbons (Fsp3) is 1.00. The number of ether oxygens (including phenoxy) is 4. The molecule has 0 rings (SSSR count). The maximum atomic E-state index is 14.1. The van der Waals surface area contributed by atoms with Crippen molar-refractivity contribution in [1.82, 2.24) is 0 Å². The van der Waals surface area contributed by atoms with Crippen molar-refractivity contribution in [1.29, 1.82) is 0 Å². The van der Waals surface area contributed by atoms with E-state index in [2.05, 4.69) is 4.74 Å². The Hall–Kier alpha value is -1.77. The highest BCUT2D eigenvalue weighted by Crippen LogP contribution is 2.59. The summed E-state index contributed by atoms with van der Waals surface area (Å²) in [5, 5.41) is 0. The first-order chi connectivity index (χ1) is 16.9. The lowest BCUT2D eigenvalue weighted by molar-refractivity contribution is -0.588. The summed E-state index contributed by atoms with van der Waals surface area (Å²) in [6, 6.07) is 0. The number of hydrogen-bond donors (Lipinski definition) is 0. The zero-order valence-corrected chi connectivity index (χ0v) is 17.5. The van der Waals surface area contributed by atoms with Crippen molar-refractivity contribution >= 4 is 0 Å². The molecule has 0 saturated heterocycles. The molecule has 0 bridgehead atoms. The molecule has 0 amide bonds. The molecule has 0 aliphatic rings. The number of rotatable bonds is 11. The highest BCUT2D eigenvalue weighted by Gasteiger charge is 2.88. The molecular weight excluding hydrogens is 657 g/mol. The van der Waals surface area contributed by atoms with Crippen molar-refractivity contribution in [3.8, 4) is 0 Å². The molecule has 3 unspecified atom stereocenters. The van der Waals surface area contributed by atoms with Gasteiger partial charge in [0.05, 0.1) is 6.61 Å². The summed E-state index contributed by atoms with van der Waals surface area (Å²) in [4.78, 5) is 0. The first kappa shape index (κ1) is 38.2. The van der Waals surface area contributed by atoms with Gasteiger partial charge in [0.25, 0.3) is 0 Å². The van der Waals surface area contributed by atoms with Gasteiger partial charge in [0.15, 0.2) is 0 Å². The van der Waals surface area contributed by atoms with Crippen molar-refractivity contribution in [2.75, 3.05) is 6.61 Å². The Morgan fingerprint density at radius 1 is 0.325 bits per heavy atom. The number of alkyl halides is 23. The molecule has 4 nitrogen and oxygen atoms in total. The molecule has 0 aromatic heterocycles. The van der Waals surface area contributed by atoms with Gasteiger partial charge in [0, 0.05) is 0 Å². The summed E-state index contributed by atoms with van der Waals surface area (Å²) in [5.74, 6) is -24.9. The van der Waals surface area contributed by atoms with Crippen molar-refractivity contribution in [3.05, 3.63) is 0 Å². The van der Waals surface area contributed by atoms with Crippen molar-refractivity contribution in [2.24, 2.45) is 0 Å². The fourth-order valence-corrected chi connectivity index (χ4v) is 1.84. The molecule has 242 valence electrons. The topological polar surface area (TPSA) is 36.9 Å². The molecule has 0 aromatic carbocycles. The molecule has 0 fully saturated rings. The Balaban J connectivity index is 7.26. The van der Waals surface area contributed by atoms with E-state index in [1.54, 1.807) is 0 Å². The Kier molecular flexibility index (Phi) is 9.75. The van der Waals surface area contributed by atoms with E-state index in [0.717, 1.165) is 9.47 Å². The van der Waals surface area contributed by atoms with Gasteiger partial charge in [-0.05, 0) is 6.92 Å². The van der Waals surface area contributed by atoms with E-state index >= 15 is 0 Å². The van der Waals surface area contributed by atoms with Gasteiger partial charge in [-0.1, -0.05) is 0 Å². The Bertz CT molecular complexity index is 872. The van der Waals surface area contributed by atoms with Crippen LogP contribution in [0.25, 0.3) is 0 Å². The molecule has 0 radical (unpaired) electrons. The van der Waals surface area contributed by atoms with Gasteiger partial charge in [-0.25, -0.2) is 0 Å². The highest BCUT2D eigenvalue weighted by molar-refractivity contribution is 4.97. The fourth-order valence-electron chi connectivity index (χ4n) is 1.84. The molecular formula is C13H5F23O4. The molecule has 27 heteroatoms. The average molecular weight is 662 g/mol. The molecule has 0 heterocycles. The second-order valence-electron chi connectivity index (χ2n) is 6.58. The van der Waals surface area contributed by atoms with Crippen LogP contribution in [0, 0.1) is 0 Å². The highest BCUT2D eigenvalue weighted by atomic mass is 19.4. The van der Waals surface area contributed by atoms with Gasteiger partial charge >= 0.3 is 66.7 Å². The first-order valence-corrected chi connectivity index (χ1v) is 8.52. The van der Waals surface area contributed by atoms with E-state index in [4.69, 9.17) is 0 Å². The summed E-state index contributed by atoms with van der Waals surface area (Å²) in [7, 11) is 0. The van der Waals surface area contributed by atoms with Crippen LogP contribution in [0.15, 0.2) is 0 Å². The van der Waals surface area contributed by atoms with E-state index in [1.165, 1.54) is 4.74 Å². The van der Waals surface area contributed by atoms with Gasteiger partial charge in [-0.3, -0.25) is 14.2 Å². The summed E-state index contributed by atoms with van der Waals surface area (Å²) in [6.07, 6.45) is -64.2. The molecule has 0 aromatic rings. The van der Waals surface area contributed by atoms with Crippen LogP contribution >= 0.6 is 0 Å². The lowest BCUT2D eigenvalue weighted by atomic mass is 10.2. The second kappa shape index (κ2) is 10.2. The van der Waals surface area contributed by atoms with Crippen LogP contribution in [0.1, 0.15) is 6.92 Å². The van der Waals surface area contributed by atoms with Crippen LogP contribution in [-0.2, 0) is 18.9 Å². The van der Waals surface area contributed by atoms with Crippen molar-refractivity contribution in [3.63, 3.8) is 0 Å². The zero-order valence-electron chi connectivity index (χ0n) is 17.5.